The number of hydrogen-bond acceptors (Lipinski definition) is 3. The lowest BCUT2D eigenvalue weighted by atomic mass is 10.2. The number of hydrogen-bond donors (Lipinski definition) is 0. The maximum atomic E-state index is 11.5. The molecule has 1 aromatic heterocycles. The number of aromatic nitrogens is 2. The summed E-state index contributed by atoms with van der Waals surface area (Å²) in [5.74, 6) is 0.344. The summed E-state index contributed by atoms with van der Waals surface area (Å²) in [6.07, 6.45) is 0.581. The largest absolute Gasteiger partial charge is 0.249 e. The van der Waals surface area contributed by atoms with Gasteiger partial charge in [0.15, 0.2) is 9.84 Å². The molecule has 1 fully saturated rings. The number of halogens is 1. The highest BCUT2D eigenvalue weighted by molar-refractivity contribution is 7.91. The smallest absolute Gasteiger partial charge is 0.152 e. The van der Waals surface area contributed by atoms with E-state index in [1.54, 1.807) is 10.7 Å². The molecule has 100 valence electrons. The number of benzene rings is 1. The molecule has 0 spiro atoms. The Kier molecular flexibility index (Phi) is 3.11. The highest BCUT2D eigenvalue weighted by Gasteiger charge is 2.31. The number of rotatable bonds is 2. The van der Waals surface area contributed by atoms with Gasteiger partial charge >= 0.3 is 0 Å². The fourth-order valence-electron chi connectivity index (χ4n) is 2.35. The molecule has 1 aliphatic heterocycles. The summed E-state index contributed by atoms with van der Waals surface area (Å²) >= 11 is 6.17. The third-order valence-electron chi connectivity index (χ3n) is 3.31. The van der Waals surface area contributed by atoms with Crippen LogP contribution in [0.1, 0.15) is 12.5 Å². The minimum Gasteiger partial charge on any atom is -0.249 e. The van der Waals surface area contributed by atoms with Gasteiger partial charge in [0.25, 0.3) is 0 Å². The van der Waals surface area contributed by atoms with E-state index in [0.717, 1.165) is 11.3 Å². The maximum absolute atomic E-state index is 11.5. The molecule has 0 aliphatic carbocycles. The fraction of sp³-hybridized carbons (Fsp3) is 0.308. The molecule has 2 heterocycles. The van der Waals surface area contributed by atoms with Crippen LogP contribution in [0.3, 0.4) is 0 Å². The molecule has 3 rings (SSSR count). The summed E-state index contributed by atoms with van der Waals surface area (Å²) in [7, 11) is -2.94. The van der Waals surface area contributed by atoms with Crippen LogP contribution in [0, 0.1) is 0 Å². The van der Waals surface area contributed by atoms with Crippen molar-refractivity contribution >= 4 is 21.4 Å². The van der Waals surface area contributed by atoms with Gasteiger partial charge in [0.2, 0.25) is 0 Å². The predicted molar refractivity (Wildman–Crippen MR) is 75.0 cm³/mol. The van der Waals surface area contributed by atoms with Crippen molar-refractivity contribution < 1.29 is 8.42 Å². The second kappa shape index (κ2) is 4.65. The highest BCUT2D eigenvalue weighted by atomic mass is 35.5. The average Bonchev–Trinajstić information content (AvgIpc) is 2.93. The molecule has 0 amide bonds. The van der Waals surface area contributed by atoms with Crippen molar-refractivity contribution in [1.29, 1.82) is 0 Å². The van der Waals surface area contributed by atoms with Crippen molar-refractivity contribution in [2.75, 3.05) is 11.5 Å². The second-order valence-corrected chi connectivity index (χ2v) is 7.34. The molecule has 1 atom stereocenters. The van der Waals surface area contributed by atoms with Crippen LogP contribution >= 0.6 is 11.6 Å². The van der Waals surface area contributed by atoms with Crippen LogP contribution in [0.15, 0.2) is 36.4 Å². The van der Waals surface area contributed by atoms with E-state index in [4.69, 9.17) is 11.6 Å². The van der Waals surface area contributed by atoms with E-state index >= 15 is 0 Å². The minimum atomic E-state index is -2.94. The third kappa shape index (κ3) is 2.53. The first-order valence-corrected chi connectivity index (χ1v) is 8.26. The van der Waals surface area contributed by atoms with Gasteiger partial charge in [-0.15, -0.1) is 0 Å². The molecule has 2 aromatic rings. The minimum absolute atomic E-state index is 0.128. The summed E-state index contributed by atoms with van der Waals surface area (Å²) in [6, 6.07) is 11.3. The molecule has 1 unspecified atom stereocenters. The van der Waals surface area contributed by atoms with E-state index in [1.165, 1.54) is 0 Å². The van der Waals surface area contributed by atoms with Crippen LogP contribution in [0.25, 0.3) is 11.3 Å². The van der Waals surface area contributed by atoms with Gasteiger partial charge in [0, 0.05) is 11.6 Å². The van der Waals surface area contributed by atoms with Crippen molar-refractivity contribution in [2.45, 2.75) is 12.5 Å². The van der Waals surface area contributed by atoms with Crippen LogP contribution in [-0.4, -0.2) is 29.7 Å². The van der Waals surface area contributed by atoms with E-state index in [9.17, 15) is 8.42 Å². The van der Waals surface area contributed by atoms with Crippen molar-refractivity contribution in [3.8, 4) is 11.3 Å². The topological polar surface area (TPSA) is 52.0 Å². The van der Waals surface area contributed by atoms with Crippen LogP contribution in [-0.2, 0) is 9.84 Å². The Morgan fingerprint density at radius 3 is 2.63 bits per heavy atom. The predicted octanol–water partition coefficient (Wildman–Crippen LogP) is 2.56. The Bertz CT molecular complexity index is 695. The summed E-state index contributed by atoms with van der Waals surface area (Å²) < 4.78 is 24.7. The molecule has 1 aliphatic rings. The Labute approximate surface area is 116 Å². The van der Waals surface area contributed by atoms with Crippen molar-refractivity contribution in [2.24, 2.45) is 0 Å². The van der Waals surface area contributed by atoms with Crippen LogP contribution in [0.2, 0.25) is 5.15 Å². The van der Waals surface area contributed by atoms with Gasteiger partial charge in [-0.25, -0.2) is 13.1 Å². The Balaban J connectivity index is 1.95. The average molecular weight is 297 g/mol. The van der Waals surface area contributed by atoms with Crippen LogP contribution in [0.4, 0.5) is 0 Å². The molecular weight excluding hydrogens is 284 g/mol. The molecule has 0 radical (unpaired) electrons. The molecule has 0 saturated carbocycles. The first-order chi connectivity index (χ1) is 9.05. The molecule has 1 saturated heterocycles. The molecule has 1 aromatic carbocycles. The standard InChI is InChI=1S/C13H13ClN2O2S/c14-13-8-12(10-4-2-1-3-5-10)15-16(13)11-6-7-19(17,18)9-11/h1-5,8,11H,6-7,9H2. The molecule has 0 bridgehead atoms. The number of sulfone groups is 1. The fourth-order valence-corrected chi connectivity index (χ4v) is 4.32. The van der Waals surface area contributed by atoms with Gasteiger partial charge in [0.05, 0.1) is 23.2 Å². The Hall–Kier alpha value is -1.33. The Morgan fingerprint density at radius 1 is 1.26 bits per heavy atom. The van der Waals surface area contributed by atoms with Crippen LogP contribution < -0.4 is 0 Å². The summed E-state index contributed by atoms with van der Waals surface area (Å²) in [5, 5.41) is 4.93. The third-order valence-corrected chi connectivity index (χ3v) is 5.35. The summed E-state index contributed by atoms with van der Waals surface area (Å²) in [6.45, 7) is 0. The van der Waals surface area contributed by atoms with E-state index in [0.29, 0.717) is 11.6 Å². The molecule has 4 nitrogen and oxygen atoms in total. The molecule has 6 heteroatoms. The molecular formula is C13H13ClN2O2S. The lowest BCUT2D eigenvalue weighted by Crippen LogP contribution is -2.12. The van der Waals surface area contributed by atoms with Gasteiger partial charge in [-0.1, -0.05) is 41.9 Å². The zero-order valence-corrected chi connectivity index (χ0v) is 11.7. The van der Waals surface area contributed by atoms with E-state index in [2.05, 4.69) is 5.10 Å². The lowest BCUT2D eigenvalue weighted by molar-refractivity contribution is 0.501. The Morgan fingerprint density at radius 2 is 2.00 bits per heavy atom. The van der Waals surface area contributed by atoms with E-state index in [1.807, 2.05) is 30.3 Å². The van der Waals surface area contributed by atoms with Crippen molar-refractivity contribution in [1.82, 2.24) is 9.78 Å². The van der Waals surface area contributed by atoms with Gasteiger partial charge in [-0.3, -0.25) is 0 Å². The quantitative estimate of drug-likeness (QED) is 0.856. The normalized spacial score (nSPS) is 21.6. The molecule has 19 heavy (non-hydrogen) atoms. The van der Waals surface area contributed by atoms with Gasteiger partial charge in [0.1, 0.15) is 5.15 Å². The van der Waals surface area contributed by atoms with Gasteiger partial charge in [-0.05, 0) is 6.42 Å². The van der Waals surface area contributed by atoms with E-state index < -0.39 is 9.84 Å². The second-order valence-electron chi connectivity index (χ2n) is 4.72. The van der Waals surface area contributed by atoms with Crippen molar-refractivity contribution in [3.05, 3.63) is 41.6 Å². The van der Waals surface area contributed by atoms with Gasteiger partial charge < -0.3 is 0 Å². The first-order valence-electron chi connectivity index (χ1n) is 6.06. The van der Waals surface area contributed by atoms with Gasteiger partial charge in [-0.2, -0.15) is 5.10 Å². The molecule has 0 N–H and O–H groups in total. The monoisotopic (exact) mass is 296 g/mol. The van der Waals surface area contributed by atoms with Crippen molar-refractivity contribution in [3.63, 3.8) is 0 Å². The lowest BCUT2D eigenvalue weighted by Gasteiger charge is -2.09. The van der Waals surface area contributed by atoms with Crippen LogP contribution in [0.5, 0.6) is 0 Å². The number of nitrogens with zero attached hydrogens (tertiary/aromatic N) is 2. The van der Waals surface area contributed by atoms with E-state index in [-0.39, 0.29) is 17.5 Å². The highest BCUT2D eigenvalue weighted by Crippen LogP contribution is 2.29. The summed E-state index contributed by atoms with van der Waals surface area (Å²) in [5.41, 5.74) is 1.75. The summed E-state index contributed by atoms with van der Waals surface area (Å²) in [4.78, 5) is 0. The first kappa shape index (κ1) is 12.7. The zero-order valence-electron chi connectivity index (χ0n) is 10.2. The zero-order chi connectivity index (χ0) is 13.5. The SMILES string of the molecule is O=S1(=O)CCC(n2nc(-c3ccccc3)cc2Cl)C1. The maximum Gasteiger partial charge on any atom is 0.152 e.